The molecular weight excluding hydrogens is 356 g/mol. The van der Waals surface area contributed by atoms with Crippen molar-refractivity contribution >= 4 is 11.9 Å². The first kappa shape index (κ1) is 22.3. The molecule has 0 amide bonds. The fraction of sp³-hybridized carbons (Fsp3) is 0.652. The average Bonchev–Trinajstić information content (AvgIpc) is 3.41. The fourth-order valence-corrected chi connectivity index (χ4v) is 3.80. The van der Waals surface area contributed by atoms with Gasteiger partial charge >= 0.3 is 11.9 Å². The predicted molar refractivity (Wildman–Crippen MR) is 109 cm³/mol. The summed E-state index contributed by atoms with van der Waals surface area (Å²) in [6.45, 7) is 3.49. The van der Waals surface area contributed by atoms with E-state index in [1.54, 1.807) is 19.9 Å². The van der Waals surface area contributed by atoms with E-state index in [4.69, 9.17) is 0 Å². The number of carboxylic acids is 2. The Hall–Kier alpha value is -2.04. The summed E-state index contributed by atoms with van der Waals surface area (Å²) >= 11 is 0. The van der Waals surface area contributed by atoms with Gasteiger partial charge in [-0.15, -0.1) is 0 Å². The summed E-state index contributed by atoms with van der Waals surface area (Å²) < 4.78 is 0. The normalized spacial score (nSPS) is 15.4. The van der Waals surface area contributed by atoms with E-state index < -0.39 is 22.8 Å². The second-order valence-corrected chi connectivity index (χ2v) is 8.96. The summed E-state index contributed by atoms with van der Waals surface area (Å²) in [7, 11) is 0. The number of phenolic OH excluding ortho intramolecular Hbond substituents is 1. The standard InChI is InChI=1S/C23H34O5/c1-22(2,20(25)26)13-7-5-11-18-17(10-8-12-19(18)24)9-4-3-6-14-23(15-16-23)21(27)28/h8,10,12,24H,3-7,9,11,13-16H2,1-2H3,(H,25,26)(H,27,28). The van der Waals surface area contributed by atoms with Crippen molar-refractivity contribution in [2.24, 2.45) is 10.8 Å². The van der Waals surface area contributed by atoms with Gasteiger partial charge < -0.3 is 15.3 Å². The maximum absolute atomic E-state index is 11.2. The van der Waals surface area contributed by atoms with E-state index in [-0.39, 0.29) is 0 Å². The molecule has 1 aromatic rings. The third-order valence-corrected chi connectivity index (χ3v) is 6.21. The van der Waals surface area contributed by atoms with Gasteiger partial charge in [0, 0.05) is 0 Å². The monoisotopic (exact) mass is 390 g/mol. The molecule has 2 rings (SSSR count). The van der Waals surface area contributed by atoms with E-state index in [0.717, 1.165) is 75.3 Å². The Labute approximate surface area is 167 Å². The first-order chi connectivity index (χ1) is 13.2. The van der Waals surface area contributed by atoms with Gasteiger partial charge in [-0.05, 0) is 82.4 Å². The zero-order valence-electron chi connectivity index (χ0n) is 17.2. The SMILES string of the molecule is CC(C)(CCCCc1c(O)cccc1CCCCCC1(C(=O)O)CC1)C(=O)O. The smallest absolute Gasteiger partial charge is 0.309 e. The van der Waals surface area contributed by atoms with Crippen LogP contribution in [0.3, 0.4) is 0 Å². The van der Waals surface area contributed by atoms with Gasteiger partial charge in [0.15, 0.2) is 0 Å². The summed E-state index contributed by atoms with van der Waals surface area (Å²) in [6.07, 6.45) is 9.23. The summed E-state index contributed by atoms with van der Waals surface area (Å²) in [5, 5.41) is 28.7. The Morgan fingerprint density at radius 2 is 1.68 bits per heavy atom. The molecule has 0 unspecified atom stereocenters. The van der Waals surface area contributed by atoms with Crippen molar-refractivity contribution in [1.29, 1.82) is 0 Å². The molecule has 0 bridgehead atoms. The number of hydrogen-bond donors (Lipinski definition) is 3. The Morgan fingerprint density at radius 1 is 1.00 bits per heavy atom. The molecule has 1 saturated carbocycles. The van der Waals surface area contributed by atoms with Crippen LogP contribution in [0.15, 0.2) is 18.2 Å². The molecule has 0 saturated heterocycles. The zero-order chi connectivity index (χ0) is 20.8. The topological polar surface area (TPSA) is 94.8 Å². The lowest BCUT2D eigenvalue weighted by atomic mass is 9.86. The Balaban J connectivity index is 1.77. The Morgan fingerprint density at radius 3 is 2.29 bits per heavy atom. The third-order valence-electron chi connectivity index (χ3n) is 6.21. The molecule has 1 fully saturated rings. The van der Waals surface area contributed by atoms with E-state index in [1.807, 2.05) is 6.07 Å². The minimum absolute atomic E-state index is 0.317. The maximum atomic E-state index is 11.2. The molecule has 5 nitrogen and oxygen atoms in total. The number of hydrogen-bond acceptors (Lipinski definition) is 3. The first-order valence-corrected chi connectivity index (χ1v) is 10.4. The second kappa shape index (κ2) is 9.44. The minimum atomic E-state index is -0.772. The number of carbonyl (C=O) groups is 2. The summed E-state index contributed by atoms with van der Waals surface area (Å²) in [6, 6.07) is 5.63. The van der Waals surface area contributed by atoms with Crippen molar-refractivity contribution in [2.45, 2.75) is 84.5 Å². The largest absolute Gasteiger partial charge is 0.508 e. The lowest BCUT2D eigenvalue weighted by molar-refractivity contribution is -0.147. The lowest BCUT2D eigenvalue weighted by Gasteiger charge is -2.19. The number of rotatable bonds is 13. The zero-order valence-corrected chi connectivity index (χ0v) is 17.2. The molecule has 0 radical (unpaired) electrons. The first-order valence-electron chi connectivity index (χ1n) is 10.4. The van der Waals surface area contributed by atoms with Crippen molar-refractivity contribution in [3.8, 4) is 5.75 Å². The third kappa shape index (κ3) is 5.98. The summed E-state index contributed by atoms with van der Waals surface area (Å²) in [5.41, 5.74) is 0.979. The minimum Gasteiger partial charge on any atom is -0.508 e. The number of phenols is 1. The van der Waals surface area contributed by atoms with Gasteiger partial charge in [-0.3, -0.25) is 9.59 Å². The molecule has 1 aromatic carbocycles. The van der Waals surface area contributed by atoms with Crippen LogP contribution in [0.2, 0.25) is 0 Å². The number of aromatic hydroxyl groups is 1. The van der Waals surface area contributed by atoms with E-state index in [1.165, 1.54) is 0 Å². The van der Waals surface area contributed by atoms with Crippen LogP contribution < -0.4 is 0 Å². The van der Waals surface area contributed by atoms with Crippen molar-refractivity contribution in [1.82, 2.24) is 0 Å². The van der Waals surface area contributed by atoms with Gasteiger partial charge in [0.2, 0.25) is 0 Å². The Kier molecular flexibility index (Phi) is 7.50. The van der Waals surface area contributed by atoms with Crippen LogP contribution in [-0.2, 0) is 22.4 Å². The van der Waals surface area contributed by atoms with Crippen molar-refractivity contribution < 1.29 is 24.9 Å². The van der Waals surface area contributed by atoms with E-state index in [0.29, 0.717) is 12.2 Å². The number of unbranched alkanes of at least 4 members (excludes halogenated alkanes) is 3. The molecule has 1 aliphatic rings. The fourth-order valence-electron chi connectivity index (χ4n) is 3.80. The predicted octanol–water partition coefficient (Wildman–Crippen LogP) is 5.18. The maximum Gasteiger partial charge on any atom is 0.309 e. The highest BCUT2D eigenvalue weighted by Gasteiger charge is 2.49. The molecule has 0 atom stereocenters. The van der Waals surface area contributed by atoms with Gasteiger partial charge in [-0.25, -0.2) is 0 Å². The second-order valence-electron chi connectivity index (χ2n) is 8.96. The van der Waals surface area contributed by atoms with Gasteiger partial charge in [-0.2, -0.15) is 0 Å². The van der Waals surface area contributed by atoms with Gasteiger partial charge in [0.1, 0.15) is 5.75 Å². The van der Waals surface area contributed by atoms with Crippen LogP contribution in [0.4, 0.5) is 0 Å². The van der Waals surface area contributed by atoms with Crippen molar-refractivity contribution in [2.75, 3.05) is 0 Å². The average molecular weight is 391 g/mol. The van der Waals surface area contributed by atoms with Crippen molar-refractivity contribution in [3.05, 3.63) is 29.3 Å². The Bertz CT molecular complexity index is 688. The summed E-state index contributed by atoms with van der Waals surface area (Å²) in [5.74, 6) is -1.10. The molecule has 0 heterocycles. The quantitative estimate of drug-likeness (QED) is 0.403. The molecule has 0 spiro atoms. The van der Waals surface area contributed by atoms with Gasteiger partial charge in [0.05, 0.1) is 10.8 Å². The highest BCUT2D eigenvalue weighted by molar-refractivity contribution is 5.77. The number of benzene rings is 1. The van der Waals surface area contributed by atoms with Crippen LogP contribution in [0.5, 0.6) is 5.75 Å². The summed E-state index contributed by atoms with van der Waals surface area (Å²) in [4.78, 5) is 22.4. The van der Waals surface area contributed by atoms with Gasteiger partial charge in [0.25, 0.3) is 0 Å². The van der Waals surface area contributed by atoms with Crippen molar-refractivity contribution in [3.63, 3.8) is 0 Å². The van der Waals surface area contributed by atoms with Crippen LogP contribution >= 0.6 is 0 Å². The van der Waals surface area contributed by atoms with E-state index in [2.05, 4.69) is 6.07 Å². The molecule has 1 aliphatic carbocycles. The molecule has 0 aliphatic heterocycles. The molecular formula is C23H34O5. The molecule has 3 N–H and O–H groups in total. The van der Waals surface area contributed by atoms with E-state index >= 15 is 0 Å². The number of aryl methyl sites for hydroxylation is 1. The lowest BCUT2D eigenvalue weighted by Crippen LogP contribution is -2.23. The van der Waals surface area contributed by atoms with Gasteiger partial charge in [-0.1, -0.05) is 31.4 Å². The van der Waals surface area contributed by atoms with Crippen LogP contribution in [0.1, 0.15) is 82.8 Å². The van der Waals surface area contributed by atoms with Crippen LogP contribution in [-0.4, -0.2) is 27.3 Å². The molecule has 5 heteroatoms. The molecule has 28 heavy (non-hydrogen) atoms. The highest BCUT2D eigenvalue weighted by atomic mass is 16.4. The molecule has 0 aromatic heterocycles. The van der Waals surface area contributed by atoms with Crippen LogP contribution in [0, 0.1) is 10.8 Å². The number of aliphatic carboxylic acids is 2. The van der Waals surface area contributed by atoms with E-state index in [9.17, 15) is 24.9 Å². The van der Waals surface area contributed by atoms with Crippen LogP contribution in [0.25, 0.3) is 0 Å². The highest BCUT2D eigenvalue weighted by Crippen LogP contribution is 2.50. The molecule has 156 valence electrons. The number of carboxylic acid groups (broad SMARTS) is 2.